The molecule has 2 fully saturated rings. The van der Waals surface area contributed by atoms with E-state index < -0.39 is 0 Å². The van der Waals surface area contributed by atoms with Crippen molar-refractivity contribution in [2.24, 2.45) is 40.9 Å². The summed E-state index contributed by atoms with van der Waals surface area (Å²) in [6, 6.07) is 0. The van der Waals surface area contributed by atoms with Crippen molar-refractivity contribution in [3.8, 4) is 0 Å². The zero-order valence-electron chi connectivity index (χ0n) is 31.2. The Labute approximate surface area is 301 Å². The molecular formula is C35H71N11O4. The Morgan fingerprint density at radius 1 is 0.480 bits per heavy atom. The van der Waals surface area contributed by atoms with Crippen molar-refractivity contribution >= 4 is 23.6 Å². The molecule has 0 atom stereocenters. The second-order valence-corrected chi connectivity index (χ2v) is 13.9. The van der Waals surface area contributed by atoms with Crippen molar-refractivity contribution in [1.82, 2.24) is 41.3 Å². The smallest absolute Gasteiger partial charge is 0.224 e. The fourth-order valence-electron chi connectivity index (χ4n) is 7.03. The lowest BCUT2D eigenvalue weighted by Crippen LogP contribution is -2.47. The van der Waals surface area contributed by atoms with Crippen LogP contribution in [0.25, 0.3) is 0 Å². The number of nitrogens with two attached hydrogens (primary N) is 3. The monoisotopic (exact) mass is 710 g/mol. The van der Waals surface area contributed by atoms with Crippen molar-refractivity contribution in [1.29, 1.82) is 0 Å². The minimum Gasteiger partial charge on any atom is -0.355 e. The van der Waals surface area contributed by atoms with Gasteiger partial charge in [0.1, 0.15) is 0 Å². The van der Waals surface area contributed by atoms with Gasteiger partial charge in [-0.3, -0.25) is 33.9 Å². The zero-order chi connectivity index (χ0) is 36.6. The third-order valence-electron chi connectivity index (χ3n) is 10.1. The van der Waals surface area contributed by atoms with E-state index in [0.717, 1.165) is 65.3 Å². The topological polar surface area (TPSA) is 216 Å². The van der Waals surface area contributed by atoms with Gasteiger partial charge in [-0.15, -0.1) is 0 Å². The van der Waals surface area contributed by atoms with E-state index in [-0.39, 0.29) is 47.3 Å². The highest BCUT2D eigenvalue weighted by molar-refractivity contribution is 5.82. The summed E-state index contributed by atoms with van der Waals surface area (Å²) in [5, 5.41) is 15.6. The number of hydrogen-bond donors (Lipinski definition) is 8. The number of rotatable bonds is 26. The van der Waals surface area contributed by atoms with Crippen LogP contribution in [0.5, 0.6) is 0 Å². The van der Waals surface area contributed by atoms with E-state index in [4.69, 9.17) is 17.2 Å². The maximum absolute atomic E-state index is 13.0. The molecule has 2 aliphatic carbocycles. The van der Waals surface area contributed by atoms with E-state index in [1.54, 1.807) is 0 Å². The van der Waals surface area contributed by atoms with Gasteiger partial charge in [0.05, 0.1) is 13.3 Å². The van der Waals surface area contributed by atoms with E-state index in [1.165, 1.54) is 0 Å². The molecular weight excluding hydrogens is 638 g/mol. The molecule has 0 aliphatic heterocycles. The number of hydrogen-bond acceptors (Lipinski definition) is 11. The molecule has 0 aromatic rings. The van der Waals surface area contributed by atoms with Crippen molar-refractivity contribution in [2.75, 3.05) is 105 Å². The molecule has 2 rings (SSSR count). The Balaban J connectivity index is 1.65. The van der Waals surface area contributed by atoms with Crippen molar-refractivity contribution in [3.05, 3.63) is 0 Å². The van der Waals surface area contributed by atoms with Crippen LogP contribution in [0, 0.1) is 23.7 Å². The predicted octanol–water partition coefficient (Wildman–Crippen LogP) is -1.22. The fourth-order valence-corrected chi connectivity index (χ4v) is 7.03. The average Bonchev–Trinajstić information content (AvgIpc) is 3.12. The van der Waals surface area contributed by atoms with Crippen LogP contribution < -0.4 is 43.8 Å². The van der Waals surface area contributed by atoms with E-state index in [1.807, 2.05) is 4.90 Å². The lowest BCUT2D eigenvalue weighted by Gasteiger charge is -2.30. The summed E-state index contributed by atoms with van der Waals surface area (Å²) in [6.07, 6.45) is 6.45. The molecule has 15 nitrogen and oxygen atoms in total. The average molecular weight is 710 g/mol. The third kappa shape index (κ3) is 17.2. The van der Waals surface area contributed by atoms with Crippen molar-refractivity contribution in [3.63, 3.8) is 0 Å². The van der Waals surface area contributed by atoms with Crippen molar-refractivity contribution in [2.45, 2.75) is 71.6 Å². The largest absolute Gasteiger partial charge is 0.355 e. The summed E-state index contributed by atoms with van der Waals surface area (Å²) in [5.74, 6) is -0.183. The van der Waals surface area contributed by atoms with E-state index in [0.29, 0.717) is 97.4 Å². The molecule has 4 amide bonds. The maximum Gasteiger partial charge on any atom is 0.224 e. The van der Waals surface area contributed by atoms with Gasteiger partial charge in [0.2, 0.25) is 23.6 Å². The first-order valence-electron chi connectivity index (χ1n) is 19.3. The van der Waals surface area contributed by atoms with Crippen LogP contribution in [0.4, 0.5) is 0 Å². The summed E-state index contributed by atoms with van der Waals surface area (Å²) in [7, 11) is 0. The molecule has 0 heterocycles. The number of carbonyl (C=O) groups excluding carboxylic acids is 4. The molecule has 11 N–H and O–H groups in total. The lowest BCUT2D eigenvalue weighted by molar-refractivity contribution is -0.131. The summed E-state index contributed by atoms with van der Waals surface area (Å²) in [4.78, 5) is 58.0. The van der Waals surface area contributed by atoms with Crippen LogP contribution in [0.3, 0.4) is 0 Å². The number of nitrogens with zero attached hydrogens (tertiary/aromatic N) is 3. The Kier molecular flexibility index (Phi) is 23.1. The molecule has 0 unspecified atom stereocenters. The molecule has 15 heteroatoms. The highest BCUT2D eigenvalue weighted by Crippen LogP contribution is 2.30. The van der Waals surface area contributed by atoms with Crippen LogP contribution in [0.15, 0.2) is 0 Å². The standard InChI is InChI=1S/C35H71N11O4/c1-3-19-46(26-42-34(49)30-9-5-28(6-10-30)32(47)40-17-24-44(20-13-36)21-14-37)27-43-35(50)31-11-7-29(8-12-31)33(48)41-18-25-45(22-15-38)23-16-39-4-2/h28-31,39H,3-27,36-38H2,1-2H3,(H,40,47)(H,41,48)(H,42,49)(H,43,50). The summed E-state index contributed by atoms with van der Waals surface area (Å²) in [5.41, 5.74) is 17.1. The van der Waals surface area contributed by atoms with E-state index in [2.05, 4.69) is 50.2 Å². The molecule has 50 heavy (non-hydrogen) atoms. The van der Waals surface area contributed by atoms with Gasteiger partial charge in [0, 0.05) is 109 Å². The minimum absolute atomic E-state index is 0.00712. The van der Waals surface area contributed by atoms with E-state index in [9.17, 15) is 19.2 Å². The number of nitrogens with one attached hydrogen (secondary N) is 5. The van der Waals surface area contributed by atoms with Gasteiger partial charge >= 0.3 is 0 Å². The first kappa shape index (κ1) is 43.8. The number of carbonyl (C=O) groups is 4. The molecule has 290 valence electrons. The summed E-state index contributed by atoms with van der Waals surface area (Å²) in [6.45, 7) is 15.0. The normalized spacial score (nSPS) is 21.0. The Bertz CT molecular complexity index is 953. The molecule has 2 aliphatic rings. The molecule has 0 radical (unpaired) electrons. The molecule has 0 aromatic carbocycles. The number of likely N-dealkylation sites (N-methyl/N-ethyl adjacent to an activating group) is 1. The summed E-state index contributed by atoms with van der Waals surface area (Å²) < 4.78 is 0. The molecule has 0 saturated heterocycles. The lowest BCUT2D eigenvalue weighted by atomic mass is 9.81. The van der Waals surface area contributed by atoms with Crippen LogP contribution in [0.2, 0.25) is 0 Å². The second kappa shape index (κ2) is 26.4. The van der Waals surface area contributed by atoms with Gasteiger partial charge in [-0.1, -0.05) is 13.8 Å². The fraction of sp³-hybridized carbons (Fsp3) is 0.886. The Hall–Kier alpha value is -2.40. The SMILES string of the molecule is CCCN(CNC(=O)C1CCC(C(=O)NCCN(CCN)CCN)CC1)CNC(=O)C1CCC(C(=O)NCCN(CCN)CCNCC)CC1. The maximum atomic E-state index is 13.0. The van der Waals surface area contributed by atoms with Crippen LogP contribution >= 0.6 is 0 Å². The number of amides is 4. The highest BCUT2D eigenvalue weighted by atomic mass is 16.2. The van der Waals surface area contributed by atoms with Gasteiger partial charge in [-0.05, 0) is 64.3 Å². The van der Waals surface area contributed by atoms with Gasteiger partial charge in [0.25, 0.3) is 0 Å². The van der Waals surface area contributed by atoms with Gasteiger partial charge in [0.15, 0.2) is 0 Å². The first-order valence-corrected chi connectivity index (χ1v) is 19.3. The molecule has 0 aromatic heterocycles. The molecule has 0 spiro atoms. The molecule has 2 saturated carbocycles. The van der Waals surface area contributed by atoms with E-state index >= 15 is 0 Å². The molecule has 0 bridgehead atoms. The second-order valence-electron chi connectivity index (χ2n) is 13.9. The van der Waals surface area contributed by atoms with Gasteiger partial charge in [-0.25, -0.2) is 0 Å². The van der Waals surface area contributed by atoms with Gasteiger partial charge in [-0.2, -0.15) is 0 Å². The minimum atomic E-state index is -0.109. The van der Waals surface area contributed by atoms with Crippen LogP contribution in [-0.4, -0.2) is 143 Å². The Morgan fingerprint density at radius 2 is 0.820 bits per heavy atom. The van der Waals surface area contributed by atoms with Crippen molar-refractivity contribution < 1.29 is 19.2 Å². The quantitative estimate of drug-likeness (QED) is 0.0394. The first-order chi connectivity index (χ1) is 24.3. The van der Waals surface area contributed by atoms with Gasteiger partial charge < -0.3 is 43.8 Å². The Morgan fingerprint density at radius 3 is 1.16 bits per heavy atom. The predicted molar refractivity (Wildman–Crippen MR) is 199 cm³/mol. The third-order valence-corrected chi connectivity index (χ3v) is 10.1. The van der Waals surface area contributed by atoms with Crippen LogP contribution in [0.1, 0.15) is 71.6 Å². The highest BCUT2D eigenvalue weighted by Gasteiger charge is 2.31. The summed E-state index contributed by atoms with van der Waals surface area (Å²) >= 11 is 0. The zero-order valence-corrected chi connectivity index (χ0v) is 31.2. The van der Waals surface area contributed by atoms with Crippen LogP contribution in [-0.2, 0) is 19.2 Å².